The zero-order valence-corrected chi connectivity index (χ0v) is 6.78. The van der Waals surface area contributed by atoms with Gasteiger partial charge in [0.1, 0.15) is 0 Å². The minimum Gasteiger partial charge on any atom is -0.482 e. The van der Waals surface area contributed by atoms with Crippen LogP contribution in [0.1, 0.15) is 6.42 Å². The lowest BCUT2D eigenvalue weighted by molar-refractivity contribution is 0.00333. The Morgan fingerprint density at radius 1 is 1.55 bits per heavy atom. The first-order chi connectivity index (χ1) is 5.29. The van der Waals surface area contributed by atoms with Gasteiger partial charge in [-0.2, -0.15) is 0 Å². The predicted octanol–water partition coefficient (Wildman–Crippen LogP) is -0.189. The van der Waals surface area contributed by atoms with Gasteiger partial charge in [0, 0.05) is 13.7 Å². The predicted molar refractivity (Wildman–Crippen MR) is 40.7 cm³/mol. The summed E-state index contributed by atoms with van der Waals surface area (Å²) in [6, 6.07) is 0. The molecule has 0 bridgehead atoms. The van der Waals surface area contributed by atoms with E-state index in [1.807, 2.05) is 0 Å². The molecule has 11 heavy (non-hydrogen) atoms. The molecule has 0 aromatic rings. The van der Waals surface area contributed by atoms with E-state index in [-0.39, 0.29) is 6.10 Å². The first kappa shape index (κ1) is 8.49. The molecule has 0 saturated carbocycles. The minimum absolute atomic E-state index is 0.164. The second-order valence-corrected chi connectivity index (χ2v) is 2.43. The van der Waals surface area contributed by atoms with Crippen molar-refractivity contribution in [3.8, 4) is 0 Å². The average molecular weight is 159 g/mol. The Kier molecular flexibility index (Phi) is 2.84. The molecule has 0 amide bonds. The minimum atomic E-state index is -0.696. The van der Waals surface area contributed by atoms with Crippen LogP contribution in [0.2, 0.25) is 0 Å². The van der Waals surface area contributed by atoms with Crippen LogP contribution in [-0.2, 0) is 9.47 Å². The smallest absolute Gasteiger partial charge is 0.215 e. The van der Waals surface area contributed by atoms with Gasteiger partial charge >= 0.3 is 0 Å². The van der Waals surface area contributed by atoms with Crippen LogP contribution in [0.25, 0.3) is 0 Å². The summed E-state index contributed by atoms with van der Waals surface area (Å²) in [7, 11) is 3.08. The summed E-state index contributed by atoms with van der Waals surface area (Å²) in [6.07, 6.45) is -0.106. The number of hydrogen-bond acceptors (Lipinski definition) is 4. The Morgan fingerprint density at radius 2 is 2.27 bits per heavy atom. The number of aliphatic hydroxyl groups excluding tert-OH is 1. The van der Waals surface area contributed by atoms with Crippen molar-refractivity contribution in [2.45, 2.75) is 18.6 Å². The normalized spacial score (nSPS) is 31.4. The van der Waals surface area contributed by atoms with E-state index >= 15 is 0 Å². The standard InChI is InChI=1S/C7H13NO3/c1-10-5-3-4-8-7(11-2)6(5)9/h5-6,9H,3-4H2,1-2H3. The van der Waals surface area contributed by atoms with Crippen molar-refractivity contribution in [2.24, 2.45) is 4.99 Å². The number of aliphatic imine (C=N–C) groups is 1. The summed E-state index contributed by atoms with van der Waals surface area (Å²) in [6.45, 7) is 0.665. The third kappa shape index (κ3) is 1.70. The van der Waals surface area contributed by atoms with Crippen LogP contribution in [-0.4, -0.2) is 44.0 Å². The number of aliphatic hydroxyl groups is 1. The highest BCUT2D eigenvalue weighted by molar-refractivity contribution is 5.81. The lowest BCUT2D eigenvalue weighted by Gasteiger charge is -2.25. The molecule has 0 spiro atoms. The Labute approximate surface area is 65.8 Å². The van der Waals surface area contributed by atoms with Crippen molar-refractivity contribution in [1.29, 1.82) is 0 Å². The fourth-order valence-corrected chi connectivity index (χ4v) is 1.14. The highest BCUT2D eigenvalue weighted by Crippen LogP contribution is 2.11. The van der Waals surface area contributed by atoms with Crippen molar-refractivity contribution in [3.63, 3.8) is 0 Å². The molecule has 1 N–H and O–H groups in total. The van der Waals surface area contributed by atoms with Gasteiger partial charge in [0.05, 0.1) is 13.2 Å². The van der Waals surface area contributed by atoms with Gasteiger partial charge in [-0.1, -0.05) is 0 Å². The van der Waals surface area contributed by atoms with Crippen LogP contribution in [0.3, 0.4) is 0 Å². The van der Waals surface area contributed by atoms with Crippen LogP contribution >= 0.6 is 0 Å². The summed E-state index contributed by atoms with van der Waals surface area (Å²) in [4.78, 5) is 3.99. The third-order valence-corrected chi connectivity index (χ3v) is 1.80. The maximum Gasteiger partial charge on any atom is 0.215 e. The van der Waals surface area contributed by atoms with Gasteiger partial charge in [-0.3, -0.25) is 4.99 Å². The van der Waals surface area contributed by atoms with Gasteiger partial charge in [-0.25, -0.2) is 0 Å². The van der Waals surface area contributed by atoms with Gasteiger partial charge in [-0.05, 0) is 6.42 Å². The van der Waals surface area contributed by atoms with Crippen molar-refractivity contribution in [1.82, 2.24) is 0 Å². The van der Waals surface area contributed by atoms with E-state index in [4.69, 9.17) is 9.47 Å². The number of ether oxygens (including phenoxy) is 2. The Hall–Kier alpha value is -0.610. The highest BCUT2D eigenvalue weighted by Gasteiger charge is 2.27. The number of hydrogen-bond donors (Lipinski definition) is 1. The molecule has 4 nitrogen and oxygen atoms in total. The van der Waals surface area contributed by atoms with E-state index in [2.05, 4.69) is 4.99 Å². The maximum absolute atomic E-state index is 9.45. The van der Waals surface area contributed by atoms with Crippen molar-refractivity contribution in [3.05, 3.63) is 0 Å². The van der Waals surface area contributed by atoms with Crippen LogP contribution in [0, 0.1) is 0 Å². The van der Waals surface area contributed by atoms with Crippen molar-refractivity contribution < 1.29 is 14.6 Å². The molecule has 1 heterocycles. The molecule has 4 heteroatoms. The molecule has 0 aromatic heterocycles. The van der Waals surface area contributed by atoms with Gasteiger partial charge in [0.25, 0.3) is 0 Å². The fourth-order valence-electron chi connectivity index (χ4n) is 1.14. The van der Waals surface area contributed by atoms with E-state index in [1.54, 1.807) is 7.11 Å². The van der Waals surface area contributed by atoms with E-state index < -0.39 is 6.10 Å². The van der Waals surface area contributed by atoms with E-state index in [0.717, 1.165) is 6.42 Å². The van der Waals surface area contributed by atoms with Crippen molar-refractivity contribution >= 4 is 5.90 Å². The molecule has 0 fully saturated rings. The van der Waals surface area contributed by atoms with Crippen LogP contribution < -0.4 is 0 Å². The molecule has 2 atom stereocenters. The number of nitrogens with zero attached hydrogens (tertiary/aromatic N) is 1. The second-order valence-electron chi connectivity index (χ2n) is 2.43. The molecule has 0 aliphatic carbocycles. The fraction of sp³-hybridized carbons (Fsp3) is 0.857. The molecule has 0 aromatic carbocycles. The molecule has 64 valence electrons. The zero-order valence-electron chi connectivity index (χ0n) is 6.78. The number of methoxy groups -OCH3 is 2. The Bertz CT molecular complexity index is 158. The second kappa shape index (κ2) is 3.69. The summed E-state index contributed by atoms with van der Waals surface area (Å²) in [5.74, 6) is 0.378. The Balaban J connectivity index is 2.60. The number of rotatable bonds is 1. The van der Waals surface area contributed by atoms with Crippen LogP contribution in [0.5, 0.6) is 0 Å². The molecule has 1 aliphatic rings. The summed E-state index contributed by atoms with van der Waals surface area (Å²) < 4.78 is 9.88. The topological polar surface area (TPSA) is 51.0 Å². The SMILES string of the molecule is COC1=NCCC(OC)C1O. The van der Waals surface area contributed by atoms with Crippen molar-refractivity contribution in [2.75, 3.05) is 20.8 Å². The molecule has 1 rings (SSSR count). The van der Waals surface area contributed by atoms with Crippen LogP contribution in [0.4, 0.5) is 0 Å². The molecule has 0 radical (unpaired) electrons. The summed E-state index contributed by atoms with van der Waals surface area (Å²) in [5, 5.41) is 9.45. The Morgan fingerprint density at radius 3 is 2.82 bits per heavy atom. The largest absolute Gasteiger partial charge is 0.482 e. The first-order valence-electron chi connectivity index (χ1n) is 3.58. The van der Waals surface area contributed by atoms with Gasteiger partial charge in [0.2, 0.25) is 5.90 Å². The lowest BCUT2D eigenvalue weighted by Crippen LogP contribution is -2.40. The van der Waals surface area contributed by atoms with Gasteiger partial charge in [0.15, 0.2) is 6.10 Å². The molecular formula is C7H13NO3. The summed E-state index contributed by atoms with van der Waals surface area (Å²) >= 11 is 0. The molecule has 0 saturated heterocycles. The quantitative estimate of drug-likeness (QED) is 0.577. The van der Waals surface area contributed by atoms with Gasteiger partial charge in [-0.15, -0.1) is 0 Å². The van der Waals surface area contributed by atoms with Crippen LogP contribution in [0.15, 0.2) is 4.99 Å². The van der Waals surface area contributed by atoms with E-state index in [0.29, 0.717) is 12.4 Å². The van der Waals surface area contributed by atoms with Gasteiger partial charge < -0.3 is 14.6 Å². The highest BCUT2D eigenvalue weighted by atomic mass is 16.5. The maximum atomic E-state index is 9.45. The third-order valence-electron chi connectivity index (χ3n) is 1.80. The first-order valence-corrected chi connectivity index (χ1v) is 3.58. The zero-order chi connectivity index (χ0) is 8.27. The summed E-state index contributed by atoms with van der Waals surface area (Å²) in [5.41, 5.74) is 0. The van der Waals surface area contributed by atoms with E-state index in [1.165, 1.54) is 7.11 Å². The molecule has 1 aliphatic heterocycles. The van der Waals surface area contributed by atoms with E-state index in [9.17, 15) is 5.11 Å². The molecule has 2 unspecified atom stereocenters. The average Bonchev–Trinajstić information content (AvgIpc) is 2.05. The molecular weight excluding hydrogens is 146 g/mol. The lowest BCUT2D eigenvalue weighted by atomic mass is 10.1. The monoisotopic (exact) mass is 159 g/mol.